The summed E-state index contributed by atoms with van der Waals surface area (Å²) in [7, 11) is 0. The first-order valence-electron chi connectivity index (χ1n) is 10.2. The topological polar surface area (TPSA) is 90.1 Å². The summed E-state index contributed by atoms with van der Waals surface area (Å²) in [5.74, 6) is 0.961. The van der Waals surface area contributed by atoms with Gasteiger partial charge in [0.15, 0.2) is 0 Å². The van der Waals surface area contributed by atoms with Crippen molar-refractivity contribution in [2.75, 3.05) is 18.9 Å². The molecule has 0 unspecified atom stereocenters. The zero-order valence-electron chi connectivity index (χ0n) is 16.7. The van der Waals surface area contributed by atoms with E-state index in [0.717, 1.165) is 60.9 Å². The van der Waals surface area contributed by atoms with Gasteiger partial charge in [-0.2, -0.15) is 0 Å². The van der Waals surface area contributed by atoms with E-state index in [1.165, 1.54) is 0 Å². The number of ether oxygens (including phenoxy) is 1. The molecule has 2 aromatic heterocycles. The number of nitrogens with zero attached hydrogens (tertiary/aromatic N) is 2. The van der Waals surface area contributed by atoms with E-state index in [9.17, 15) is 4.79 Å². The van der Waals surface area contributed by atoms with Crippen molar-refractivity contribution in [2.45, 2.75) is 32.2 Å². The van der Waals surface area contributed by atoms with Crippen LogP contribution in [0.15, 0.2) is 42.7 Å². The van der Waals surface area contributed by atoms with Gasteiger partial charge in [-0.1, -0.05) is 23.7 Å². The number of hydrogen-bond donors (Lipinski definition) is 2. The van der Waals surface area contributed by atoms with E-state index < -0.39 is 0 Å². The van der Waals surface area contributed by atoms with Gasteiger partial charge in [-0.3, -0.25) is 9.78 Å². The fourth-order valence-corrected chi connectivity index (χ4v) is 4.06. The number of amides is 1. The average molecular weight is 425 g/mol. The number of nitrogens with two attached hydrogens (primary N) is 1. The van der Waals surface area contributed by atoms with E-state index in [1.807, 2.05) is 24.3 Å². The first-order valence-corrected chi connectivity index (χ1v) is 10.6. The Morgan fingerprint density at radius 3 is 2.83 bits per heavy atom. The summed E-state index contributed by atoms with van der Waals surface area (Å²) >= 11 is 6.40. The smallest absolute Gasteiger partial charge is 0.253 e. The fraction of sp³-hybridized carbons (Fsp3) is 0.348. The Balaban J connectivity index is 1.35. The number of anilines is 1. The zero-order valence-corrected chi connectivity index (χ0v) is 17.5. The highest BCUT2D eigenvalue weighted by Crippen LogP contribution is 2.24. The maximum atomic E-state index is 12.6. The number of aromatic nitrogens is 2. The Morgan fingerprint density at radius 1 is 1.20 bits per heavy atom. The lowest BCUT2D eigenvalue weighted by atomic mass is 9.94. The molecule has 156 valence electrons. The van der Waals surface area contributed by atoms with Crippen LogP contribution in [0.4, 0.5) is 5.82 Å². The van der Waals surface area contributed by atoms with Crippen LogP contribution in [0.25, 0.3) is 10.8 Å². The second-order valence-corrected chi connectivity index (χ2v) is 8.09. The van der Waals surface area contributed by atoms with Crippen LogP contribution >= 0.6 is 11.6 Å². The number of carbonyl (C=O) groups is 1. The predicted octanol–water partition coefficient (Wildman–Crippen LogP) is 4.15. The van der Waals surface area contributed by atoms with Crippen molar-refractivity contribution < 1.29 is 9.53 Å². The van der Waals surface area contributed by atoms with Gasteiger partial charge < -0.3 is 15.8 Å². The lowest BCUT2D eigenvalue weighted by molar-refractivity contribution is 0.0639. The highest BCUT2D eigenvalue weighted by atomic mass is 35.5. The van der Waals surface area contributed by atoms with Crippen LogP contribution in [0.1, 0.15) is 40.9 Å². The van der Waals surface area contributed by atoms with Crippen molar-refractivity contribution in [1.29, 1.82) is 0 Å². The van der Waals surface area contributed by atoms with Gasteiger partial charge >= 0.3 is 0 Å². The molecule has 0 aliphatic carbocycles. The van der Waals surface area contributed by atoms with Crippen molar-refractivity contribution in [1.82, 2.24) is 15.3 Å². The van der Waals surface area contributed by atoms with Crippen molar-refractivity contribution in [3.05, 3.63) is 64.6 Å². The lowest BCUT2D eigenvalue weighted by Gasteiger charge is -2.21. The molecule has 7 heteroatoms. The van der Waals surface area contributed by atoms with E-state index in [2.05, 4.69) is 15.3 Å². The van der Waals surface area contributed by atoms with E-state index in [0.29, 0.717) is 28.9 Å². The lowest BCUT2D eigenvalue weighted by Crippen LogP contribution is -2.23. The Morgan fingerprint density at radius 2 is 2.03 bits per heavy atom. The fourth-order valence-electron chi connectivity index (χ4n) is 3.80. The summed E-state index contributed by atoms with van der Waals surface area (Å²) < 4.78 is 5.40. The van der Waals surface area contributed by atoms with Crippen molar-refractivity contribution in [3.8, 4) is 0 Å². The monoisotopic (exact) mass is 424 g/mol. The molecule has 0 spiro atoms. The summed E-state index contributed by atoms with van der Waals surface area (Å²) in [5.41, 5.74) is 8.18. The van der Waals surface area contributed by atoms with Gasteiger partial charge in [0.25, 0.3) is 5.91 Å². The third-order valence-corrected chi connectivity index (χ3v) is 5.95. The Kier molecular flexibility index (Phi) is 6.45. The van der Waals surface area contributed by atoms with Crippen LogP contribution in [0.3, 0.4) is 0 Å². The normalized spacial score (nSPS) is 14.7. The number of carbonyl (C=O) groups excluding carboxylic acids is 1. The van der Waals surface area contributed by atoms with E-state index in [4.69, 9.17) is 22.1 Å². The first kappa shape index (κ1) is 20.6. The van der Waals surface area contributed by atoms with E-state index in [-0.39, 0.29) is 5.91 Å². The van der Waals surface area contributed by atoms with E-state index >= 15 is 0 Å². The Bertz CT molecular complexity index is 1050. The summed E-state index contributed by atoms with van der Waals surface area (Å²) in [6, 6.07) is 9.46. The van der Waals surface area contributed by atoms with Gasteiger partial charge in [-0.05, 0) is 60.7 Å². The third-order valence-electron chi connectivity index (χ3n) is 5.62. The van der Waals surface area contributed by atoms with Gasteiger partial charge in [0.2, 0.25) is 0 Å². The van der Waals surface area contributed by atoms with Gasteiger partial charge in [0.1, 0.15) is 5.82 Å². The molecule has 30 heavy (non-hydrogen) atoms. The van der Waals surface area contributed by atoms with Crippen molar-refractivity contribution in [2.24, 2.45) is 5.92 Å². The molecule has 1 saturated heterocycles. The van der Waals surface area contributed by atoms with Gasteiger partial charge in [0, 0.05) is 37.5 Å². The maximum absolute atomic E-state index is 12.6. The summed E-state index contributed by atoms with van der Waals surface area (Å²) in [5, 5.41) is 5.37. The van der Waals surface area contributed by atoms with Crippen LogP contribution in [-0.2, 0) is 17.7 Å². The minimum atomic E-state index is -0.199. The van der Waals surface area contributed by atoms with Gasteiger partial charge in [-0.15, -0.1) is 0 Å². The van der Waals surface area contributed by atoms with Crippen LogP contribution in [0.5, 0.6) is 0 Å². The summed E-state index contributed by atoms with van der Waals surface area (Å²) in [6.07, 6.45) is 7.33. The molecule has 0 saturated carbocycles. The van der Waals surface area contributed by atoms with Crippen LogP contribution in [0, 0.1) is 5.92 Å². The number of nitrogen functional groups attached to an aromatic ring is 1. The minimum absolute atomic E-state index is 0.199. The average Bonchev–Trinajstić information content (AvgIpc) is 2.77. The van der Waals surface area contributed by atoms with Crippen LogP contribution < -0.4 is 11.1 Å². The molecular formula is C23H25ClN4O2. The molecule has 3 aromatic rings. The second-order valence-electron chi connectivity index (χ2n) is 7.68. The molecule has 3 heterocycles. The molecule has 0 radical (unpaired) electrons. The number of fused-ring (bicyclic) bond motifs is 1. The van der Waals surface area contributed by atoms with Crippen molar-refractivity contribution in [3.63, 3.8) is 0 Å². The minimum Gasteiger partial charge on any atom is -0.383 e. The quantitative estimate of drug-likeness (QED) is 0.620. The molecule has 1 aliphatic heterocycles. The van der Waals surface area contributed by atoms with E-state index in [1.54, 1.807) is 18.5 Å². The number of halogens is 1. The highest BCUT2D eigenvalue weighted by molar-refractivity contribution is 6.31. The number of nitrogens with one attached hydrogen (secondary N) is 1. The first-order chi connectivity index (χ1) is 14.6. The number of aryl methyl sites for hydroxylation is 1. The zero-order chi connectivity index (χ0) is 20.9. The molecular weight excluding hydrogens is 400 g/mol. The standard InChI is InChI=1S/C23H25ClN4O2/c24-20-12-18(14-27-21(20)4-2-15-6-9-30-10-7-15)23(29)28-13-16-1-3-19-17(11-16)5-8-26-22(19)25/h1,3,5,8,11-12,14-15H,2,4,6-7,9-10,13H2,(H2,25,26)(H,28,29). The molecule has 1 aromatic carbocycles. The number of hydrogen-bond acceptors (Lipinski definition) is 5. The number of rotatable bonds is 6. The van der Waals surface area contributed by atoms with Gasteiger partial charge in [-0.25, -0.2) is 4.98 Å². The largest absolute Gasteiger partial charge is 0.383 e. The number of benzene rings is 1. The molecule has 4 rings (SSSR count). The van der Waals surface area contributed by atoms with Crippen LogP contribution in [0.2, 0.25) is 5.02 Å². The molecule has 6 nitrogen and oxygen atoms in total. The molecule has 0 atom stereocenters. The molecule has 1 aliphatic rings. The Hall–Kier alpha value is -2.70. The predicted molar refractivity (Wildman–Crippen MR) is 118 cm³/mol. The maximum Gasteiger partial charge on any atom is 0.253 e. The molecule has 1 amide bonds. The summed E-state index contributed by atoms with van der Waals surface area (Å²) in [6.45, 7) is 2.08. The molecule has 0 bridgehead atoms. The second kappa shape index (κ2) is 9.41. The van der Waals surface area contributed by atoms with Crippen LogP contribution in [-0.4, -0.2) is 29.1 Å². The highest BCUT2D eigenvalue weighted by Gasteiger charge is 2.16. The molecule has 3 N–H and O–H groups in total. The summed E-state index contributed by atoms with van der Waals surface area (Å²) in [4.78, 5) is 21.1. The van der Waals surface area contributed by atoms with Crippen molar-refractivity contribution >= 4 is 34.1 Å². The number of pyridine rings is 2. The SMILES string of the molecule is Nc1nccc2cc(CNC(=O)c3cnc(CCC4CCOCC4)c(Cl)c3)ccc12. The Labute approximate surface area is 180 Å². The third kappa shape index (κ3) is 4.89. The molecule has 1 fully saturated rings. The van der Waals surface area contributed by atoms with Gasteiger partial charge in [0.05, 0.1) is 16.3 Å².